The number of carbonyl (C=O) groups excluding carboxylic acids is 1. The van der Waals surface area contributed by atoms with Gasteiger partial charge >= 0.3 is 0 Å². The Balaban J connectivity index is 1.85. The molecular formula is C11H16NO. The number of hydrogen-bond acceptors (Lipinski definition) is 1. The zero-order valence-corrected chi connectivity index (χ0v) is 7.96. The fraction of sp³-hybridized carbons (Fsp3) is 0.909. The normalized spacial score (nSPS) is 44.3. The van der Waals surface area contributed by atoms with Gasteiger partial charge in [-0.25, -0.2) is 5.32 Å². The minimum atomic E-state index is 0.137. The molecule has 2 saturated carbocycles. The molecular weight excluding hydrogens is 162 g/mol. The van der Waals surface area contributed by atoms with Gasteiger partial charge in [0, 0.05) is 5.92 Å². The molecule has 1 saturated heterocycles. The molecule has 2 nitrogen and oxygen atoms in total. The van der Waals surface area contributed by atoms with E-state index >= 15 is 0 Å². The van der Waals surface area contributed by atoms with E-state index in [-0.39, 0.29) is 11.4 Å². The molecule has 1 radical (unpaired) electrons. The minimum absolute atomic E-state index is 0.137. The third-order valence-electron chi connectivity index (χ3n) is 4.32. The highest BCUT2D eigenvalue weighted by Crippen LogP contribution is 2.50. The molecule has 0 aromatic heterocycles. The molecule has 71 valence electrons. The summed E-state index contributed by atoms with van der Waals surface area (Å²) in [5.41, 5.74) is 0.137. The van der Waals surface area contributed by atoms with Crippen molar-refractivity contribution in [3.8, 4) is 0 Å². The first-order valence-electron chi connectivity index (χ1n) is 5.57. The van der Waals surface area contributed by atoms with Crippen LogP contribution in [0.15, 0.2) is 0 Å². The molecule has 3 fully saturated rings. The van der Waals surface area contributed by atoms with E-state index in [1.165, 1.54) is 32.1 Å². The molecule has 2 atom stereocenters. The monoisotopic (exact) mass is 178 g/mol. The zero-order valence-electron chi connectivity index (χ0n) is 7.96. The van der Waals surface area contributed by atoms with Gasteiger partial charge in [-0.1, -0.05) is 12.8 Å². The van der Waals surface area contributed by atoms with Crippen LogP contribution in [0.4, 0.5) is 0 Å². The van der Waals surface area contributed by atoms with Gasteiger partial charge in [0.05, 0.1) is 5.54 Å². The van der Waals surface area contributed by atoms with E-state index in [1.807, 2.05) is 0 Å². The Bertz CT molecular complexity index is 244. The van der Waals surface area contributed by atoms with E-state index in [2.05, 4.69) is 5.32 Å². The number of hydrogen-bond donors (Lipinski definition) is 0. The summed E-state index contributed by atoms with van der Waals surface area (Å²) in [6, 6.07) is 0. The summed E-state index contributed by atoms with van der Waals surface area (Å²) < 4.78 is 0. The molecule has 1 heterocycles. The Kier molecular flexibility index (Phi) is 1.50. The van der Waals surface area contributed by atoms with Crippen molar-refractivity contribution in [3.63, 3.8) is 0 Å². The average molecular weight is 178 g/mol. The van der Waals surface area contributed by atoms with Crippen LogP contribution in [0.1, 0.15) is 44.9 Å². The lowest BCUT2D eigenvalue weighted by molar-refractivity contribution is -0.125. The summed E-state index contributed by atoms with van der Waals surface area (Å²) in [5.74, 6) is 1.29. The highest BCUT2D eigenvalue weighted by Gasteiger charge is 2.55. The molecule has 13 heavy (non-hydrogen) atoms. The molecule has 2 aliphatic carbocycles. The largest absolute Gasteiger partial charge is 0.273 e. The van der Waals surface area contributed by atoms with Gasteiger partial charge in [-0.3, -0.25) is 4.79 Å². The van der Waals surface area contributed by atoms with Gasteiger partial charge in [0.25, 0.3) is 0 Å². The molecule has 3 rings (SSSR count). The predicted molar refractivity (Wildman–Crippen MR) is 49.2 cm³/mol. The maximum Gasteiger partial charge on any atom is 0.244 e. The van der Waals surface area contributed by atoms with Crippen LogP contribution >= 0.6 is 0 Å². The Hall–Kier alpha value is -0.530. The van der Waals surface area contributed by atoms with Gasteiger partial charge < -0.3 is 0 Å². The second kappa shape index (κ2) is 2.49. The first kappa shape index (κ1) is 7.84. The van der Waals surface area contributed by atoms with Crippen molar-refractivity contribution in [1.82, 2.24) is 5.32 Å². The predicted octanol–water partition coefficient (Wildman–Crippen LogP) is 1.86. The van der Waals surface area contributed by atoms with Crippen molar-refractivity contribution in [2.45, 2.75) is 50.5 Å². The van der Waals surface area contributed by atoms with Crippen molar-refractivity contribution in [1.29, 1.82) is 0 Å². The van der Waals surface area contributed by atoms with Crippen LogP contribution in [0.3, 0.4) is 0 Å². The summed E-state index contributed by atoms with van der Waals surface area (Å²) in [7, 11) is 0. The van der Waals surface area contributed by atoms with Gasteiger partial charge in [0.1, 0.15) is 0 Å². The number of nitrogens with zero attached hydrogens (tertiary/aromatic N) is 1. The molecule has 3 aliphatic rings. The van der Waals surface area contributed by atoms with Gasteiger partial charge in [-0.05, 0) is 38.0 Å². The van der Waals surface area contributed by atoms with Gasteiger partial charge in [0.2, 0.25) is 5.91 Å². The Morgan fingerprint density at radius 3 is 2.54 bits per heavy atom. The number of carbonyl (C=O) groups is 1. The highest BCUT2D eigenvalue weighted by atomic mass is 16.2. The quantitative estimate of drug-likeness (QED) is 0.603. The molecule has 1 amide bonds. The topological polar surface area (TPSA) is 31.2 Å². The van der Waals surface area contributed by atoms with Crippen LogP contribution in [-0.2, 0) is 4.79 Å². The first-order valence-corrected chi connectivity index (χ1v) is 5.57. The molecule has 2 heteroatoms. The SMILES string of the molecule is O=C1[N]C2(C3CCCC3)CCC1C2. The number of rotatable bonds is 1. The van der Waals surface area contributed by atoms with E-state index < -0.39 is 0 Å². The number of fused-ring (bicyclic) bond motifs is 2. The summed E-state index contributed by atoms with van der Waals surface area (Å²) in [5, 5.41) is 4.43. The fourth-order valence-corrected chi connectivity index (χ4v) is 3.60. The standard InChI is InChI=1S/C11H16NO/c13-10-8-5-6-11(7-8,12-10)9-3-1-2-4-9/h8-9H,1-7H2. The van der Waals surface area contributed by atoms with Crippen molar-refractivity contribution >= 4 is 5.91 Å². The Morgan fingerprint density at radius 1 is 1.23 bits per heavy atom. The molecule has 0 N–H and O–H groups in total. The number of amides is 1. The maximum atomic E-state index is 11.4. The van der Waals surface area contributed by atoms with E-state index in [4.69, 9.17) is 0 Å². The van der Waals surface area contributed by atoms with Gasteiger partial charge in [-0.2, -0.15) is 0 Å². The van der Waals surface area contributed by atoms with Crippen molar-refractivity contribution in [2.24, 2.45) is 11.8 Å². The second-order valence-electron chi connectivity index (χ2n) is 4.97. The van der Waals surface area contributed by atoms with Crippen LogP contribution in [0.2, 0.25) is 0 Å². The molecule has 1 aliphatic heterocycles. The van der Waals surface area contributed by atoms with Crippen molar-refractivity contribution in [2.75, 3.05) is 0 Å². The third-order valence-corrected chi connectivity index (χ3v) is 4.32. The lowest BCUT2D eigenvalue weighted by atomic mass is 9.82. The summed E-state index contributed by atoms with van der Waals surface area (Å²) >= 11 is 0. The zero-order chi connectivity index (χ0) is 8.89. The first-order chi connectivity index (χ1) is 6.30. The van der Waals surface area contributed by atoms with Crippen molar-refractivity contribution < 1.29 is 4.79 Å². The van der Waals surface area contributed by atoms with Gasteiger partial charge in [0.15, 0.2) is 0 Å². The molecule has 0 spiro atoms. The lowest BCUT2D eigenvalue weighted by Gasteiger charge is -2.31. The third kappa shape index (κ3) is 0.976. The molecule has 0 aromatic carbocycles. The van der Waals surface area contributed by atoms with Crippen LogP contribution in [0, 0.1) is 11.8 Å². The summed E-state index contributed by atoms with van der Waals surface area (Å²) in [4.78, 5) is 11.4. The number of piperidine rings is 1. The smallest absolute Gasteiger partial charge is 0.244 e. The Morgan fingerprint density at radius 2 is 2.00 bits per heavy atom. The summed E-state index contributed by atoms with van der Waals surface area (Å²) in [6.45, 7) is 0. The van der Waals surface area contributed by atoms with Crippen LogP contribution in [0.5, 0.6) is 0 Å². The van der Waals surface area contributed by atoms with E-state index in [9.17, 15) is 4.79 Å². The molecule has 2 unspecified atom stereocenters. The van der Waals surface area contributed by atoms with Gasteiger partial charge in [-0.15, -0.1) is 0 Å². The highest BCUT2D eigenvalue weighted by molar-refractivity contribution is 5.83. The van der Waals surface area contributed by atoms with Crippen molar-refractivity contribution in [3.05, 3.63) is 0 Å². The second-order valence-corrected chi connectivity index (χ2v) is 4.97. The average Bonchev–Trinajstić information content (AvgIpc) is 2.77. The minimum Gasteiger partial charge on any atom is -0.273 e. The van der Waals surface area contributed by atoms with E-state index in [1.54, 1.807) is 0 Å². The summed E-state index contributed by atoms with van der Waals surface area (Å²) in [6.07, 6.45) is 8.79. The van der Waals surface area contributed by atoms with Crippen LogP contribution in [-0.4, -0.2) is 11.4 Å². The van der Waals surface area contributed by atoms with Crippen LogP contribution < -0.4 is 5.32 Å². The lowest BCUT2D eigenvalue weighted by Crippen LogP contribution is -2.42. The van der Waals surface area contributed by atoms with Crippen LogP contribution in [0.25, 0.3) is 0 Å². The Labute approximate surface area is 79.1 Å². The fourth-order valence-electron chi connectivity index (χ4n) is 3.60. The van der Waals surface area contributed by atoms with E-state index in [0.717, 1.165) is 18.8 Å². The maximum absolute atomic E-state index is 11.4. The molecule has 2 bridgehead atoms. The molecule has 0 aromatic rings. The van der Waals surface area contributed by atoms with E-state index in [0.29, 0.717) is 5.92 Å².